The molecule has 0 spiro atoms. The second kappa shape index (κ2) is 7.04. The Morgan fingerprint density at radius 3 is 2.95 bits per heavy atom. The minimum Gasteiger partial charge on any atom is -0.384 e. The first-order valence-electron chi connectivity index (χ1n) is 7.01. The topological polar surface area (TPSA) is 49.8 Å². The number of likely N-dealkylation sites (tertiary alicyclic amines) is 1. The van der Waals surface area contributed by atoms with Gasteiger partial charge in [0.2, 0.25) is 0 Å². The van der Waals surface area contributed by atoms with Gasteiger partial charge in [0.05, 0.1) is 23.9 Å². The lowest BCUT2D eigenvalue weighted by Crippen LogP contribution is -2.39. The largest absolute Gasteiger partial charge is 0.384 e. The van der Waals surface area contributed by atoms with Crippen LogP contribution in [0, 0.1) is 19.8 Å². The van der Waals surface area contributed by atoms with Crippen LogP contribution >= 0.6 is 11.3 Å². The molecule has 6 heteroatoms. The molecule has 112 valence electrons. The summed E-state index contributed by atoms with van der Waals surface area (Å²) in [6.45, 7) is 7.82. The zero-order valence-corrected chi connectivity index (χ0v) is 13.6. The number of aryl methyl sites for hydroxylation is 2. The highest BCUT2D eigenvalue weighted by atomic mass is 32.1. The maximum Gasteiger partial charge on any atom is 0.193 e. The van der Waals surface area contributed by atoms with Crippen LogP contribution in [-0.4, -0.2) is 49.7 Å². The fraction of sp³-hybridized carbons (Fsp3) is 0.714. The van der Waals surface area contributed by atoms with E-state index in [1.807, 2.05) is 14.0 Å². The molecule has 1 aliphatic heterocycles. The van der Waals surface area contributed by atoms with E-state index in [2.05, 4.69) is 27.1 Å². The lowest BCUT2D eigenvalue weighted by Gasteiger charge is -2.21. The van der Waals surface area contributed by atoms with Gasteiger partial charge in [0.25, 0.3) is 0 Å². The quantitative estimate of drug-likeness (QED) is 0.680. The first-order chi connectivity index (χ1) is 9.63. The first kappa shape index (κ1) is 15.3. The summed E-state index contributed by atoms with van der Waals surface area (Å²) in [5, 5.41) is 4.57. The number of nitrogens with zero attached hydrogens (tertiary/aromatic N) is 3. The Morgan fingerprint density at radius 1 is 1.55 bits per heavy atom. The minimum atomic E-state index is 0.617. The monoisotopic (exact) mass is 296 g/mol. The van der Waals surface area contributed by atoms with Gasteiger partial charge in [-0.1, -0.05) is 0 Å². The third-order valence-electron chi connectivity index (χ3n) is 3.61. The van der Waals surface area contributed by atoms with Crippen molar-refractivity contribution in [3.63, 3.8) is 0 Å². The third kappa shape index (κ3) is 3.70. The number of hydrogen-bond acceptors (Lipinski definition) is 4. The standard InChI is InChI=1S/C14H24N4OS/c1-10-13(20-11(2)17-10)7-16-14(15-3)18-6-5-12(8-18)9-19-4/h12H,5-9H2,1-4H3,(H,15,16). The molecular formula is C14H24N4OS. The fourth-order valence-electron chi connectivity index (χ4n) is 2.63. The Balaban J connectivity index is 1.89. The summed E-state index contributed by atoms with van der Waals surface area (Å²) < 4.78 is 5.24. The number of hydrogen-bond donors (Lipinski definition) is 1. The summed E-state index contributed by atoms with van der Waals surface area (Å²) in [6, 6.07) is 0. The molecule has 0 aliphatic carbocycles. The number of thiazole rings is 1. The SMILES string of the molecule is CN=C(NCc1sc(C)nc1C)N1CCC(COC)C1. The maximum atomic E-state index is 5.24. The number of rotatable bonds is 4. The Labute approximate surface area is 125 Å². The molecule has 0 amide bonds. The van der Waals surface area contributed by atoms with Crippen LogP contribution in [0.15, 0.2) is 4.99 Å². The van der Waals surface area contributed by atoms with Crippen molar-refractivity contribution in [2.45, 2.75) is 26.8 Å². The average molecular weight is 296 g/mol. The molecule has 0 radical (unpaired) electrons. The van der Waals surface area contributed by atoms with Crippen molar-refractivity contribution in [3.8, 4) is 0 Å². The van der Waals surface area contributed by atoms with Crippen LogP contribution in [0.1, 0.15) is 22.0 Å². The molecule has 1 atom stereocenters. The lowest BCUT2D eigenvalue weighted by molar-refractivity contribution is 0.157. The molecule has 1 saturated heterocycles. The molecular weight excluding hydrogens is 272 g/mol. The van der Waals surface area contributed by atoms with Gasteiger partial charge in [0, 0.05) is 38.0 Å². The summed E-state index contributed by atoms with van der Waals surface area (Å²) in [4.78, 5) is 12.4. The van der Waals surface area contributed by atoms with E-state index in [0.717, 1.165) is 42.9 Å². The molecule has 5 nitrogen and oxygen atoms in total. The summed E-state index contributed by atoms with van der Waals surface area (Å²) in [5.74, 6) is 1.60. The van der Waals surface area contributed by atoms with Gasteiger partial charge in [-0.2, -0.15) is 0 Å². The zero-order chi connectivity index (χ0) is 14.5. The van der Waals surface area contributed by atoms with Gasteiger partial charge in [-0.3, -0.25) is 4.99 Å². The number of ether oxygens (including phenoxy) is 1. The van der Waals surface area contributed by atoms with Crippen molar-refractivity contribution in [2.75, 3.05) is 33.9 Å². The van der Waals surface area contributed by atoms with E-state index in [9.17, 15) is 0 Å². The molecule has 1 fully saturated rings. The molecule has 1 aromatic heterocycles. The number of aliphatic imine (C=N–C) groups is 1. The maximum absolute atomic E-state index is 5.24. The number of guanidine groups is 1. The predicted octanol–water partition coefficient (Wildman–Crippen LogP) is 1.80. The Hall–Kier alpha value is -1.14. The van der Waals surface area contributed by atoms with Crippen molar-refractivity contribution >= 4 is 17.3 Å². The van der Waals surface area contributed by atoms with Gasteiger partial charge < -0.3 is 15.0 Å². The van der Waals surface area contributed by atoms with Gasteiger partial charge in [-0.05, 0) is 20.3 Å². The first-order valence-corrected chi connectivity index (χ1v) is 7.83. The Bertz CT molecular complexity index is 472. The van der Waals surface area contributed by atoms with E-state index >= 15 is 0 Å². The van der Waals surface area contributed by atoms with Crippen LogP contribution in [0.3, 0.4) is 0 Å². The smallest absolute Gasteiger partial charge is 0.193 e. The number of aromatic nitrogens is 1. The number of nitrogens with one attached hydrogen (secondary N) is 1. The molecule has 1 unspecified atom stereocenters. The van der Waals surface area contributed by atoms with Crippen LogP contribution in [0.4, 0.5) is 0 Å². The van der Waals surface area contributed by atoms with E-state index in [0.29, 0.717) is 5.92 Å². The highest BCUT2D eigenvalue weighted by molar-refractivity contribution is 7.11. The van der Waals surface area contributed by atoms with Crippen LogP contribution in [0.2, 0.25) is 0 Å². The zero-order valence-electron chi connectivity index (χ0n) is 12.8. The third-order valence-corrected chi connectivity index (χ3v) is 4.68. The molecule has 1 N–H and O–H groups in total. The summed E-state index contributed by atoms with van der Waals surface area (Å²) >= 11 is 1.75. The fourth-order valence-corrected chi connectivity index (χ4v) is 3.50. The van der Waals surface area contributed by atoms with Gasteiger partial charge in [0.15, 0.2) is 5.96 Å². The molecule has 1 aliphatic rings. The van der Waals surface area contributed by atoms with Crippen LogP contribution in [0.25, 0.3) is 0 Å². The van der Waals surface area contributed by atoms with E-state index in [1.165, 1.54) is 11.3 Å². The van der Waals surface area contributed by atoms with Crippen molar-refractivity contribution in [3.05, 3.63) is 15.6 Å². The second-order valence-corrected chi connectivity index (χ2v) is 6.49. The highest BCUT2D eigenvalue weighted by Gasteiger charge is 2.24. The van der Waals surface area contributed by atoms with Crippen molar-refractivity contribution in [1.82, 2.24) is 15.2 Å². The van der Waals surface area contributed by atoms with Crippen LogP contribution in [0.5, 0.6) is 0 Å². The average Bonchev–Trinajstić information content (AvgIpc) is 2.98. The Morgan fingerprint density at radius 2 is 2.35 bits per heavy atom. The lowest BCUT2D eigenvalue weighted by atomic mass is 10.1. The molecule has 0 aromatic carbocycles. The summed E-state index contributed by atoms with van der Waals surface area (Å²) in [6.07, 6.45) is 1.17. The molecule has 0 saturated carbocycles. The van der Waals surface area contributed by atoms with E-state index in [-0.39, 0.29) is 0 Å². The predicted molar refractivity (Wildman–Crippen MR) is 83.3 cm³/mol. The highest BCUT2D eigenvalue weighted by Crippen LogP contribution is 2.18. The minimum absolute atomic E-state index is 0.617. The van der Waals surface area contributed by atoms with Crippen LogP contribution < -0.4 is 5.32 Å². The second-order valence-electron chi connectivity index (χ2n) is 5.20. The Kier molecular flexibility index (Phi) is 5.37. The van der Waals surface area contributed by atoms with Crippen molar-refractivity contribution in [1.29, 1.82) is 0 Å². The van der Waals surface area contributed by atoms with E-state index in [4.69, 9.17) is 4.74 Å². The van der Waals surface area contributed by atoms with E-state index < -0.39 is 0 Å². The molecule has 1 aromatic rings. The van der Waals surface area contributed by atoms with Gasteiger partial charge in [0.1, 0.15) is 0 Å². The number of methoxy groups -OCH3 is 1. The van der Waals surface area contributed by atoms with E-state index in [1.54, 1.807) is 18.4 Å². The summed E-state index contributed by atoms with van der Waals surface area (Å²) in [5.41, 5.74) is 1.12. The van der Waals surface area contributed by atoms with Gasteiger partial charge in [-0.25, -0.2) is 4.98 Å². The van der Waals surface area contributed by atoms with Crippen molar-refractivity contribution < 1.29 is 4.74 Å². The normalized spacial score (nSPS) is 19.7. The van der Waals surface area contributed by atoms with Crippen molar-refractivity contribution in [2.24, 2.45) is 10.9 Å². The molecule has 20 heavy (non-hydrogen) atoms. The molecule has 2 heterocycles. The summed E-state index contributed by atoms with van der Waals surface area (Å²) in [7, 11) is 3.61. The molecule has 0 bridgehead atoms. The molecule has 2 rings (SSSR count). The van der Waals surface area contributed by atoms with Crippen LogP contribution in [-0.2, 0) is 11.3 Å². The van der Waals surface area contributed by atoms with Gasteiger partial charge >= 0.3 is 0 Å². The van der Waals surface area contributed by atoms with Gasteiger partial charge in [-0.15, -0.1) is 11.3 Å².